The van der Waals surface area contributed by atoms with E-state index in [1.165, 1.54) is 22.2 Å². The molecular formula is C19H24N2O4S2. The van der Waals surface area contributed by atoms with Gasteiger partial charge in [-0.1, -0.05) is 20.8 Å². The molecule has 0 radical (unpaired) electrons. The molecule has 0 aliphatic heterocycles. The van der Waals surface area contributed by atoms with E-state index in [-0.39, 0.29) is 30.3 Å². The van der Waals surface area contributed by atoms with Crippen molar-refractivity contribution in [3.63, 3.8) is 0 Å². The minimum Gasteiger partial charge on any atom is -0.458 e. The van der Waals surface area contributed by atoms with Crippen LogP contribution in [0.2, 0.25) is 0 Å². The number of nitrogens with zero attached hydrogens (tertiary/aromatic N) is 1. The van der Waals surface area contributed by atoms with Crippen LogP contribution in [-0.4, -0.2) is 34.1 Å². The van der Waals surface area contributed by atoms with Gasteiger partial charge in [-0.25, -0.2) is 4.98 Å². The van der Waals surface area contributed by atoms with Gasteiger partial charge >= 0.3 is 5.97 Å². The number of aryl methyl sites for hydroxylation is 2. The Morgan fingerprint density at radius 3 is 2.81 bits per heavy atom. The number of thioether (sulfide) groups is 1. The highest BCUT2D eigenvalue weighted by molar-refractivity contribution is 7.98. The molecule has 0 aromatic carbocycles. The molecule has 0 saturated heterocycles. The topological polar surface area (TPSA) is 89.1 Å². The van der Waals surface area contributed by atoms with Crippen molar-refractivity contribution in [2.75, 3.05) is 12.4 Å². The van der Waals surface area contributed by atoms with E-state index >= 15 is 0 Å². The molecule has 27 heavy (non-hydrogen) atoms. The molecule has 0 unspecified atom stereocenters. The van der Waals surface area contributed by atoms with Crippen molar-refractivity contribution in [3.05, 3.63) is 26.6 Å². The van der Waals surface area contributed by atoms with Crippen LogP contribution >= 0.6 is 23.1 Å². The van der Waals surface area contributed by atoms with Crippen LogP contribution in [0.1, 0.15) is 49.9 Å². The lowest BCUT2D eigenvalue weighted by molar-refractivity contribution is -0.149. The molecule has 0 bridgehead atoms. The molecule has 0 saturated carbocycles. The van der Waals surface area contributed by atoms with Crippen molar-refractivity contribution < 1.29 is 14.3 Å². The average Bonchev–Trinajstić information content (AvgIpc) is 3.16. The molecule has 0 amide bonds. The summed E-state index contributed by atoms with van der Waals surface area (Å²) in [4.78, 5) is 45.4. The van der Waals surface area contributed by atoms with Crippen LogP contribution in [-0.2, 0) is 32.9 Å². The van der Waals surface area contributed by atoms with Gasteiger partial charge in [-0.05, 0) is 24.8 Å². The van der Waals surface area contributed by atoms with Gasteiger partial charge in [0.2, 0.25) is 0 Å². The molecule has 1 aliphatic carbocycles. The number of hydrogen-bond donors (Lipinski definition) is 1. The van der Waals surface area contributed by atoms with Crippen molar-refractivity contribution in [3.8, 4) is 0 Å². The van der Waals surface area contributed by atoms with Gasteiger partial charge in [0.1, 0.15) is 10.7 Å². The molecule has 1 N–H and O–H groups in total. The number of nitrogens with one attached hydrogen (secondary N) is 1. The lowest BCUT2D eigenvalue weighted by Crippen LogP contribution is -2.26. The summed E-state index contributed by atoms with van der Waals surface area (Å²) in [6.07, 6.45) is 3.35. The SMILES string of the molecule is CC(C)(C)C(=O)COC(=O)CCSCc1nc2sc3c(c2c(=O)[nH]1)CCC3. The summed E-state index contributed by atoms with van der Waals surface area (Å²) in [5.74, 6) is 1.23. The van der Waals surface area contributed by atoms with Gasteiger partial charge in [0.25, 0.3) is 5.56 Å². The maximum atomic E-state index is 12.4. The molecule has 1 aliphatic rings. The van der Waals surface area contributed by atoms with E-state index in [2.05, 4.69) is 9.97 Å². The number of Topliss-reactive ketones (excluding diaryl/α,β-unsaturated/α-hetero) is 1. The Labute approximate surface area is 166 Å². The third-order valence-corrected chi connectivity index (χ3v) is 6.67. The van der Waals surface area contributed by atoms with Crippen LogP contribution in [0, 0.1) is 5.41 Å². The second-order valence-electron chi connectivity index (χ2n) is 7.69. The number of ketones is 1. The highest BCUT2D eigenvalue weighted by atomic mass is 32.2. The van der Waals surface area contributed by atoms with E-state index < -0.39 is 5.41 Å². The Morgan fingerprint density at radius 1 is 1.30 bits per heavy atom. The van der Waals surface area contributed by atoms with Crippen LogP contribution in [0.3, 0.4) is 0 Å². The first-order valence-corrected chi connectivity index (χ1v) is 11.0. The molecule has 2 aromatic heterocycles. The van der Waals surface area contributed by atoms with Crippen molar-refractivity contribution in [1.29, 1.82) is 0 Å². The van der Waals surface area contributed by atoms with Gasteiger partial charge in [0, 0.05) is 16.0 Å². The zero-order valence-corrected chi connectivity index (χ0v) is 17.5. The fourth-order valence-corrected chi connectivity index (χ4v) is 4.94. The Hall–Kier alpha value is -1.67. The van der Waals surface area contributed by atoms with Crippen LogP contribution in [0.25, 0.3) is 10.2 Å². The summed E-state index contributed by atoms with van der Waals surface area (Å²) >= 11 is 3.13. The highest BCUT2D eigenvalue weighted by Gasteiger charge is 2.23. The van der Waals surface area contributed by atoms with Crippen LogP contribution in [0.4, 0.5) is 0 Å². The Kier molecular flexibility index (Phi) is 6.05. The summed E-state index contributed by atoms with van der Waals surface area (Å²) in [5.41, 5.74) is 0.610. The summed E-state index contributed by atoms with van der Waals surface area (Å²) in [7, 11) is 0. The standard InChI is InChI=1S/C19H24N2O4S2/c1-19(2,3)13(22)9-25-15(23)7-8-26-10-14-20-17(24)16-11-5-4-6-12(11)27-18(16)21-14/h4-10H2,1-3H3,(H,20,21,24). The van der Waals surface area contributed by atoms with E-state index in [9.17, 15) is 14.4 Å². The number of aromatic amines is 1. The van der Waals surface area contributed by atoms with Gasteiger partial charge in [-0.15, -0.1) is 11.3 Å². The highest BCUT2D eigenvalue weighted by Crippen LogP contribution is 2.34. The van der Waals surface area contributed by atoms with Crippen molar-refractivity contribution in [2.45, 2.75) is 52.2 Å². The minimum atomic E-state index is -0.507. The molecule has 0 atom stereocenters. The monoisotopic (exact) mass is 408 g/mol. The summed E-state index contributed by atoms with van der Waals surface area (Å²) in [6.45, 7) is 5.21. The number of carbonyl (C=O) groups is 2. The van der Waals surface area contributed by atoms with Gasteiger partial charge in [0.15, 0.2) is 12.4 Å². The van der Waals surface area contributed by atoms with Crippen molar-refractivity contribution in [1.82, 2.24) is 9.97 Å². The quantitative estimate of drug-likeness (QED) is 0.559. The van der Waals surface area contributed by atoms with Gasteiger partial charge in [-0.3, -0.25) is 14.4 Å². The number of aromatic nitrogens is 2. The molecule has 6 nitrogen and oxygen atoms in total. The number of fused-ring (bicyclic) bond motifs is 3. The third-order valence-electron chi connectivity index (χ3n) is 4.51. The van der Waals surface area contributed by atoms with E-state index in [1.54, 1.807) is 32.1 Å². The first-order chi connectivity index (χ1) is 12.8. The predicted octanol–water partition coefficient (Wildman–Crippen LogP) is 3.26. The zero-order chi connectivity index (χ0) is 19.6. The lowest BCUT2D eigenvalue weighted by Gasteiger charge is -2.16. The zero-order valence-electron chi connectivity index (χ0n) is 15.8. The van der Waals surface area contributed by atoms with E-state index in [0.29, 0.717) is 17.3 Å². The number of H-pyrrole nitrogens is 1. The molecule has 2 heterocycles. The van der Waals surface area contributed by atoms with Gasteiger partial charge in [-0.2, -0.15) is 11.8 Å². The molecule has 8 heteroatoms. The van der Waals surface area contributed by atoms with E-state index in [0.717, 1.165) is 29.5 Å². The van der Waals surface area contributed by atoms with Crippen molar-refractivity contribution >= 4 is 45.1 Å². The Balaban J connectivity index is 1.48. The maximum Gasteiger partial charge on any atom is 0.307 e. The number of hydrogen-bond acceptors (Lipinski definition) is 7. The normalized spacial score (nSPS) is 13.7. The fourth-order valence-electron chi connectivity index (χ4n) is 2.87. The second-order valence-corrected chi connectivity index (χ2v) is 9.88. The first-order valence-electron chi connectivity index (χ1n) is 9.06. The lowest BCUT2D eigenvalue weighted by atomic mass is 9.91. The summed E-state index contributed by atoms with van der Waals surface area (Å²) in [5, 5.41) is 0.758. The molecule has 146 valence electrons. The molecule has 0 spiro atoms. The predicted molar refractivity (Wildman–Crippen MR) is 108 cm³/mol. The third kappa shape index (κ3) is 4.79. The first kappa shape index (κ1) is 20.1. The van der Waals surface area contributed by atoms with Gasteiger partial charge in [0.05, 0.1) is 17.6 Å². The number of esters is 1. The minimum absolute atomic E-state index is 0.0601. The van der Waals surface area contributed by atoms with E-state index in [4.69, 9.17) is 4.74 Å². The van der Waals surface area contributed by atoms with Gasteiger partial charge < -0.3 is 9.72 Å². The number of ether oxygens (including phenoxy) is 1. The second kappa shape index (κ2) is 8.14. The number of rotatable bonds is 7. The Bertz CT molecular complexity index is 924. The largest absolute Gasteiger partial charge is 0.458 e. The van der Waals surface area contributed by atoms with Crippen LogP contribution < -0.4 is 5.56 Å². The average molecular weight is 409 g/mol. The Morgan fingerprint density at radius 2 is 2.07 bits per heavy atom. The molecule has 3 rings (SSSR count). The van der Waals surface area contributed by atoms with Crippen LogP contribution in [0.15, 0.2) is 4.79 Å². The number of carbonyl (C=O) groups excluding carboxylic acids is 2. The fraction of sp³-hybridized carbons (Fsp3) is 0.579. The molecule has 2 aromatic rings. The summed E-state index contributed by atoms with van der Waals surface area (Å²) < 4.78 is 5.02. The van der Waals surface area contributed by atoms with Crippen molar-refractivity contribution in [2.24, 2.45) is 5.41 Å². The summed E-state index contributed by atoms with van der Waals surface area (Å²) in [6, 6.07) is 0. The van der Waals surface area contributed by atoms with E-state index in [1.807, 2.05) is 0 Å². The van der Waals surface area contributed by atoms with Crippen LogP contribution in [0.5, 0.6) is 0 Å². The maximum absolute atomic E-state index is 12.4. The number of thiophene rings is 1. The smallest absolute Gasteiger partial charge is 0.307 e. The molecule has 0 fully saturated rings. The molecular weight excluding hydrogens is 384 g/mol.